The van der Waals surface area contributed by atoms with Crippen LogP contribution in [0.4, 0.5) is 0 Å². The number of hydrogen-bond donors (Lipinski definition) is 4. The fourth-order valence-corrected chi connectivity index (χ4v) is 4.14. The molecule has 0 radical (unpaired) electrons. The molecule has 0 bridgehead atoms. The molecule has 1 aromatic rings. The summed E-state index contributed by atoms with van der Waals surface area (Å²) in [5, 5.41) is 8.90. The second kappa shape index (κ2) is 10.1. The predicted octanol–water partition coefficient (Wildman–Crippen LogP) is 1.73. The number of aliphatic imine (C=N–C) groups is 1. The quantitative estimate of drug-likeness (QED) is 0.393. The lowest BCUT2D eigenvalue weighted by atomic mass is 10.1. The van der Waals surface area contributed by atoms with Crippen molar-refractivity contribution in [1.29, 1.82) is 0 Å². The molecule has 0 fully saturated rings. The van der Waals surface area contributed by atoms with Gasteiger partial charge < -0.3 is 16.0 Å². The number of rotatable bonds is 7. The number of benzene rings is 1. The van der Waals surface area contributed by atoms with Gasteiger partial charge >= 0.3 is 0 Å². The number of nitrogens with one attached hydrogen (secondary N) is 4. The molecule has 0 spiro atoms. The lowest BCUT2D eigenvalue weighted by Gasteiger charge is -2.21. The Balaban J connectivity index is 2.97. The molecule has 0 saturated carbocycles. The second-order valence-corrected chi connectivity index (χ2v) is 10.5. The summed E-state index contributed by atoms with van der Waals surface area (Å²) in [6.07, 6.45) is 0. The van der Waals surface area contributed by atoms with Crippen LogP contribution in [0, 0.1) is 0 Å². The second-order valence-electron chi connectivity index (χ2n) is 8.81. The van der Waals surface area contributed by atoms with Gasteiger partial charge in [-0.25, -0.2) is 18.1 Å². The number of sulfonamides is 1. The van der Waals surface area contributed by atoms with E-state index in [1.807, 2.05) is 27.7 Å². The molecule has 0 saturated heterocycles. The van der Waals surface area contributed by atoms with Crippen molar-refractivity contribution < 1.29 is 13.2 Å². The van der Waals surface area contributed by atoms with Crippen LogP contribution in [-0.4, -0.2) is 44.5 Å². The number of nitrogens with zero attached hydrogens (tertiary/aromatic N) is 1. The Morgan fingerprint density at radius 1 is 1.00 bits per heavy atom. The third-order valence-corrected chi connectivity index (χ3v) is 5.24. The highest BCUT2D eigenvalue weighted by Crippen LogP contribution is 2.18. The zero-order valence-electron chi connectivity index (χ0n) is 18.5. The number of hydrogen-bond acceptors (Lipinski definition) is 4. The molecule has 0 aromatic heterocycles. The van der Waals surface area contributed by atoms with Crippen LogP contribution >= 0.6 is 0 Å². The largest absolute Gasteiger partial charge is 0.357 e. The van der Waals surface area contributed by atoms with Crippen LogP contribution in [0.2, 0.25) is 0 Å². The average Bonchev–Trinajstić information content (AvgIpc) is 2.54. The molecule has 1 aromatic carbocycles. The van der Waals surface area contributed by atoms with E-state index in [2.05, 4.69) is 25.7 Å². The molecule has 0 heterocycles. The number of guanidine groups is 1. The highest BCUT2D eigenvalue weighted by molar-refractivity contribution is 7.89. The smallest absolute Gasteiger partial charge is 0.241 e. The molecule has 4 N–H and O–H groups in total. The third kappa shape index (κ3) is 9.76. The van der Waals surface area contributed by atoms with Crippen LogP contribution in [0.1, 0.15) is 54.0 Å². The van der Waals surface area contributed by atoms with Gasteiger partial charge in [0.2, 0.25) is 15.9 Å². The van der Waals surface area contributed by atoms with E-state index in [1.165, 1.54) is 0 Å². The summed E-state index contributed by atoms with van der Waals surface area (Å²) in [6.45, 7) is 13.8. The fourth-order valence-electron chi connectivity index (χ4n) is 2.49. The number of amides is 1. The molecule has 0 unspecified atom stereocenters. The standard InChI is InChI=1S/C20H35N5O3S/c1-8-21-18(23-14-17(26)24-19(2,3)4)22-13-15-11-9-10-12-16(15)29(27,28)25-20(5,6)7/h9-12,25H,8,13-14H2,1-7H3,(H,24,26)(H2,21,22,23). The first-order chi connectivity index (χ1) is 13.2. The molecule has 29 heavy (non-hydrogen) atoms. The van der Waals surface area contributed by atoms with Gasteiger partial charge in [0.15, 0.2) is 5.96 Å². The van der Waals surface area contributed by atoms with Crippen molar-refractivity contribution in [2.24, 2.45) is 4.99 Å². The van der Waals surface area contributed by atoms with Crippen LogP contribution in [0.15, 0.2) is 34.2 Å². The predicted molar refractivity (Wildman–Crippen MR) is 117 cm³/mol. The zero-order chi connectivity index (χ0) is 22.3. The van der Waals surface area contributed by atoms with Gasteiger partial charge in [-0.15, -0.1) is 0 Å². The highest BCUT2D eigenvalue weighted by atomic mass is 32.2. The van der Waals surface area contributed by atoms with Gasteiger partial charge in [-0.3, -0.25) is 4.79 Å². The van der Waals surface area contributed by atoms with Gasteiger partial charge in [0.1, 0.15) is 0 Å². The van der Waals surface area contributed by atoms with Crippen molar-refractivity contribution in [3.63, 3.8) is 0 Å². The van der Waals surface area contributed by atoms with Gasteiger partial charge in [-0.2, -0.15) is 0 Å². The van der Waals surface area contributed by atoms with Crippen molar-refractivity contribution >= 4 is 21.9 Å². The van der Waals surface area contributed by atoms with Crippen molar-refractivity contribution in [2.45, 2.75) is 71.0 Å². The summed E-state index contributed by atoms with van der Waals surface area (Å²) in [4.78, 5) is 16.7. The van der Waals surface area contributed by atoms with E-state index in [1.54, 1.807) is 45.0 Å². The third-order valence-electron chi connectivity index (χ3n) is 3.39. The average molecular weight is 426 g/mol. The van der Waals surface area contributed by atoms with Crippen LogP contribution in [0.5, 0.6) is 0 Å². The van der Waals surface area contributed by atoms with E-state index in [0.29, 0.717) is 18.1 Å². The SMILES string of the molecule is CCNC(=NCc1ccccc1S(=O)(=O)NC(C)(C)C)NCC(=O)NC(C)(C)C. The minimum Gasteiger partial charge on any atom is -0.357 e. The van der Waals surface area contributed by atoms with Crippen LogP contribution < -0.4 is 20.7 Å². The Hall–Kier alpha value is -2.13. The Bertz CT molecular complexity index is 821. The molecule has 1 amide bonds. The monoisotopic (exact) mass is 425 g/mol. The maximum Gasteiger partial charge on any atom is 0.241 e. The van der Waals surface area contributed by atoms with Crippen LogP contribution in [0.25, 0.3) is 0 Å². The minimum absolute atomic E-state index is 0.0641. The molecule has 164 valence electrons. The molecule has 8 nitrogen and oxygen atoms in total. The Morgan fingerprint density at radius 3 is 2.17 bits per heavy atom. The molecule has 0 aliphatic carbocycles. The summed E-state index contributed by atoms with van der Waals surface area (Å²) in [5.41, 5.74) is -0.339. The molecule has 0 atom stereocenters. The van der Waals surface area contributed by atoms with Crippen LogP contribution in [-0.2, 0) is 21.4 Å². The summed E-state index contributed by atoms with van der Waals surface area (Å²) >= 11 is 0. The zero-order valence-corrected chi connectivity index (χ0v) is 19.3. The number of carbonyl (C=O) groups excluding carboxylic acids is 1. The van der Waals surface area contributed by atoms with Crippen LogP contribution in [0.3, 0.4) is 0 Å². The van der Waals surface area contributed by atoms with Crippen molar-refractivity contribution in [3.8, 4) is 0 Å². The molecule has 0 aliphatic heterocycles. The lowest BCUT2D eigenvalue weighted by molar-refractivity contribution is -0.121. The number of carbonyl (C=O) groups is 1. The Kier molecular flexibility index (Phi) is 8.65. The van der Waals surface area contributed by atoms with E-state index in [4.69, 9.17) is 0 Å². The first-order valence-corrected chi connectivity index (χ1v) is 11.2. The van der Waals surface area contributed by atoms with E-state index in [9.17, 15) is 13.2 Å². The Morgan fingerprint density at radius 2 is 1.62 bits per heavy atom. The van der Waals surface area contributed by atoms with E-state index < -0.39 is 15.6 Å². The van der Waals surface area contributed by atoms with Gasteiger partial charge in [0.05, 0.1) is 18.0 Å². The normalized spacial score (nSPS) is 13.1. The molecule has 1 rings (SSSR count). The topological polar surface area (TPSA) is 112 Å². The van der Waals surface area contributed by atoms with E-state index >= 15 is 0 Å². The fraction of sp³-hybridized carbons (Fsp3) is 0.600. The highest BCUT2D eigenvalue weighted by Gasteiger charge is 2.24. The van der Waals surface area contributed by atoms with Gasteiger partial charge in [0, 0.05) is 17.6 Å². The summed E-state index contributed by atoms with van der Waals surface area (Å²) in [5.74, 6) is 0.285. The molecular weight excluding hydrogens is 390 g/mol. The first-order valence-electron chi connectivity index (χ1n) is 9.68. The van der Waals surface area contributed by atoms with Crippen molar-refractivity contribution in [1.82, 2.24) is 20.7 Å². The lowest BCUT2D eigenvalue weighted by Crippen LogP contribution is -2.48. The van der Waals surface area contributed by atoms with Gasteiger partial charge in [-0.1, -0.05) is 18.2 Å². The summed E-state index contributed by atoms with van der Waals surface area (Å²) in [7, 11) is -3.68. The summed E-state index contributed by atoms with van der Waals surface area (Å²) < 4.78 is 28.2. The van der Waals surface area contributed by atoms with Crippen molar-refractivity contribution in [3.05, 3.63) is 29.8 Å². The van der Waals surface area contributed by atoms with E-state index in [-0.39, 0.29) is 29.4 Å². The molecule has 9 heteroatoms. The van der Waals surface area contributed by atoms with E-state index in [0.717, 1.165) is 0 Å². The summed E-state index contributed by atoms with van der Waals surface area (Å²) in [6, 6.07) is 6.76. The minimum atomic E-state index is -3.68. The maximum absolute atomic E-state index is 12.7. The van der Waals surface area contributed by atoms with Gasteiger partial charge in [0.25, 0.3) is 0 Å². The Labute approximate surface area is 175 Å². The van der Waals surface area contributed by atoms with Crippen molar-refractivity contribution in [2.75, 3.05) is 13.1 Å². The maximum atomic E-state index is 12.7. The molecule has 0 aliphatic rings. The van der Waals surface area contributed by atoms with Gasteiger partial charge in [-0.05, 0) is 60.1 Å². The molecular formula is C20H35N5O3S. The first kappa shape index (κ1) is 24.9.